The van der Waals surface area contributed by atoms with E-state index in [1.165, 1.54) is 24.6 Å². The van der Waals surface area contributed by atoms with Gasteiger partial charge in [-0.05, 0) is 56.5 Å². The molecule has 2 aromatic rings. The minimum atomic E-state index is -0.560. The Hall–Kier alpha value is -2.53. The van der Waals surface area contributed by atoms with E-state index in [0.29, 0.717) is 16.8 Å². The highest BCUT2D eigenvalue weighted by Gasteiger charge is 2.26. The molecule has 1 amide bonds. The molecule has 1 heterocycles. The topological polar surface area (TPSA) is 60.3 Å². The minimum Gasteiger partial charge on any atom is -0.452 e. The van der Waals surface area contributed by atoms with Crippen molar-refractivity contribution in [1.82, 2.24) is 4.57 Å². The molecule has 1 aliphatic carbocycles. The van der Waals surface area contributed by atoms with E-state index in [1.54, 1.807) is 30.3 Å². The van der Waals surface area contributed by atoms with Crippen LogP contribution in [0, 0.1) is 13.8 Å². The molecule has 1 aromatic carbocycles. The first-order chi connectivity index (χ1) is 12.5. The summed E-state index contributed by atoms with van der Waals surface area (Å²) in [6, 6.07) is 9.53. The molecule has 1 fully saturated rings. The third-order valence-corrected chi connectivity index (χ3v) is 4.66. The summed E-state index contributed by atoms with van der Waals surface area (Å²) in [7, 11) is 0. The highest BCUT2D eigenvalue weighted by Crippen LogP contribution is 2.38. The van der Waals surface area contributed by atoms with Crippen molar-refractivity contribution in [3.63, 3.8) is 0 Å². The number of anilines is 1. The van der Waals surface area contributed by atoms with Gasteiger partial charge in [-0.15, -0.1) is 0 Å². The van der Waals surface area contributed by atoms with Gasteiger partial charge in [-0.1, -0.05) is 23.7 Å². The Morgan fingerprint density at radius 3 is 2.73 bits per heavy atom. The Bertz CT molecular complexity index is 866. The van der Waals surface area contributed by atoms with E-state index in [1.807, 2.05) is 6.92 Å². The van der Waals surface area contributed by atoms with Crippen molar-refractivity contribution in [2.75, 3.05) is 11.9 Å². The van der Waals surface area contributed by atoms with Gasteiger partial charge >= 0.3 is 5.97 Å². The summed E-state index contributed by atoms with van der Waals surface area (Å²) in [6.45, 7) is 3.75. The Kier molecular flexibility index (Phi) is 5.47. The number of benzene rings is 1. The van der Waals surface area contributed by atoms with Gasteiger partial charge in [0, 0.05) is 23.5 Å². The second-order valence-corrected chi connectivity index (χ2v) is 6.80. The first kappa shape index (κ1) is 18.3. The molecule has 26 heavy (non-hydrogen) atoms. The Labute approximate surface area is 157 Å². The monoisotopic (exact) mass is 372 g/mol. The molecular weight excluding hydrogens is 352 g/mol. The molecule has 136 valence electrons. The lowest BCUT2D eigenvalue weighted by Crippen LogP contribution is -2.20. The Morgan fingerprint density at radius 2 is 2.04 bits per heavy atom. The number of carbonyl (C=O) groups is 2. The van der Waals surface area contributed by atoms with Crippen molar-refractivity contribution in [2.24, 2.45) is 0 Å². The number of nitrogens with zero attached hydrogens (tertiary/aromatic N) is 1. The number of ether oxygens (including phenoxy) is 1. The van der Waals surface area contributed by atoms with Crippen molar-refractivity contribution in [2.45, 2.75) is 32.7 Å². The molecule has 5 nitrogen and oxygen atoms in total. The van der Waals surface area contributed by atoms with Crippen LogP contribution in [0.3, 0.4) is 0 Å². The fraction of sp³-hybridized carbons (Fsp3) is 0.300. The Morgan fingerprint density at radius 1 is 1.31 bits per heavy atom. The number of halogens is 1. The molecule has 1 aliphatic rings. The minimum absolute atomic E-state index is 0.366. The standard InChI is InChI=1S/C20H21ClN2O3/c1-13-11-15(14(2)23(13)16-8-9-16)7-10-20(25)26-12-19(24)22-18-6-4-3-5-17(18)21/h3-7,10-11,16H,8-9,12H2,1-2H3,(H,22,24)/b10-7+. The SMILES string of the molecule is Cc1cc(/C=C/C(=O)OCC(=O)Nc2ccccc2Cl)c(C)n1C1CC1. The quantitative estimate of drug-likeness (QED) is 0.607. The molecule has 1 aromatic heterocycles. The fourth-order valence-electron chi connectivity index (χ4n) is 2.96. The fourth-order valence-corrected chi connectivity index (χ4v) is 3.14. The summed E-state index contributed by atoms with van der Waals surface area (Å²) in [6.07, 6.45) is 5.50. The lowest BCUT2D eigenvalue weighted by molar-refractivity contribution is -0.142. The van der Waals surface area contributed by atoms with Crippen molar-refractivity contribution < 1.29 is 14.3 Å². The number of nitrogens with one attached hydrogen (secondary N) is 1. The maximum absolute atomic E-state index is 11.9. The van der Waals surface area contributed by atoms with Crippen LogP contribution in [-0.4, -0.2) is 23.1 Å². The van der Waals surface area contributed by atoms with E-state index in [4.69, 9.17) is 16.3 Å². The zero-order chi connectivity index (χ0) is 18.7. The molecule has 1 N–H and O–H groups in total. The first-order valence-electron chi connectivity index (χ1n) is 8.53. The van der Waals surface area contributed by atoms with Crippen molar-refractivity contribution in [3.05, 3.63) is 58.4 Å². The van der Waals surface area contributed by atoms with E-state index in [0.717, 1.165) is 11.3 Å². The molecule has 0 saturated heterocycles. The maximum atomic E-state index is 11.9. The molecule has 0 aliphatic heterocycles. The normalized spacial score (nSPS) is 13.8. The predicted octanol–water partition coefficient (Wildman–Crippen LogP) is 4.29. The van der Waals surface area contributed by atoms with E-state index in [9.17, 15) is 9.59 Å². The van der Waals surface area contributed by atoms with Crippen LogP contribution < -0.4 is 5.32 Å². The lowest BCUT2D eigenvalue weighted by Gasteiger charge is -2.07. The average molecular weight is 373 g/mol. The number of rotatable bonds is 6. The zero-order valence-corrected chi connectivity index (χ0v) is 15.5. The van der Waals surface area contributed by atoms with Crippen LogP contribution in [0.5, 0.6) is 0 Å². The smallest absolute Gasteiger partial charge is 0.331 e. The summed E-state index contributed by atoms with van der Waals surface area (Å²) < 4.78 is 7.29. The second-order valence-electron chi connectivity index (χ2n) is 6.40. The summed E-state index contributed by atoms with van der Waals surface area (Å²) in [5, 5.41) is 3.03. The van der Waals surface area contributed by atoms with Gasteiger partial charge in [0.25, 0.3) is 5.91 Å². The van der Waals surface area contributed by atoms with Gasteiger partial charge in [-0.3, -0.25) is 4.79 Å². The van der Waals surface area contributed by atoms with Crippen molar-refractivity contribution in [3.8, 4) is 0 Å². The molecular formula is C20H21ClN2O3. The van der Waals surface area contributed by atoms with Gasteiger partial charge < -0.3 is 14.6 Å². The molecule has 1 saturated carbocycles. The molecule has 0 atom stereocenters. The van der Waals surface area contributed by atoms with E-state index >= 15 is 0 Å². The summed E-state index contributed by atoms with van der Waals surface area (Å²) in [5.41, 5.74) is 3.81. The molecule has 0 bridgehead atoms. The van der Waals surface area contributed by atoms with Crippen LogP contribution in [0.2, 0.25) is 5.02 Å². The summed E-state index contributed by atoms with van der Waals surface area (Å²) in [4.78, 5) is 23.7. The van der Waals surface area contributed by atoms with E-state index in [-0.39, 0.29) is 6.61 Å². The van der Waals surface area contributed by atoms with Crippen LogP contribution in [0.1, 0.15) is 35.8 Å². The highest BCUT2D eigenvalue weighted by molar-refractivity contribution is 6.33. The van der Waals surface area contributed by atoms with Crippen molar-refractivity contribution >= 4 is 35.2 Å². The van der Waals surface area contributed by atoms with Crippen LogP contribution in [-0.2, 0) is 14.3 Å². The zero-order valence-electron chi connectivity index (χ0n) is 14.8. The lowest BCUT2D eigenvalue weighted by atomic mass is 10.2. The number of para-hydroxylation sites is 1. The average Bonchev–Trinajstić information content (AvgIpc) is 3.39. The second kappa shape index (κ2) is 7.79. The molecule has 6 heteroatoms. The van der Waals surface area contributed by atoms with Crippen LogP contribution in [0.25, 0.3) is 6.08 Å². The number of esters is 1. The predicted molar refractivity (Wildman–Crippen MR) is 102 cm³/mol. The maximum Gasteiger partial charge on any atom is 0.331 e. The van der Waals surface area contributed by atoms with Crippen LogP contribution in [0.4, 0.5) is 5.69 Å². The highest BCUT2D eigenvalue weighted by atomic mass is 35.5. The van der Waals surface area contributed by atoms with Crippen LogP contribution >= 0.6 is 11.6 Å². The number of amides is 1. The molecule has 0 radical (unpaired) electrons. The van der Waals surface area contributed by atoms with Gasteiger partial charge in [-0.25, -0.2) is 4.79 Å². The number of aryl methyl sites for hydroxylation is 1. The van der Waals surface area contributed by atoms with Crippen molar-refractivity contribution in [1.29, 1.82) is 0 Å². The molecule has 0 unspecified atom stereocenters. The first-order valence-corrected chi connectivity index (χ1v) is 8.91. The van der Waals surface area contributed by atoms with Gasteiger partial charge in [0.05, 0.1) is 10.7 Å². The van der Waals surface area contributed by atoms with E-state index in [2.05, 4.69) is 22.9 Å². The van der Waals surface area contributed by atoms with E-state index < -0.39 is 11.9 Å². The van der Waals surface area contributed by atoms with Gasteiger partial charge in [0.2, 0.25) is 0 Å². The van der Waals surface area contributed by atoms with Gasteiger partial charge in [0.15, 0.2) is 6.61 Å². The summed E-state index contributed by atoms with van der Waals surface area (Å²) in [5.74, 6) is -0.998. The van der Waals surface area contributed by atoms with Gasteiger partial charge in [-0.2, -0.15) is 0 Å². The third-order valence-electron chi connectivity index (χ3n) is 4.33. The molecule has 3 rings (SSSR count). The van der Waals surface area contributed by atoms with Crippen LogP contribution in [0.15, 0.2) is 36.4 Å². The number of hydrogen-bond donors (Lipinski definition) is 1. The molecule has 0 spiro atoms. The Balaban J connectivity index is 1.53. The largest absolute Gasteiger partial charge is 0.452 e. The van der Waals surface area contributed by atoms with Gasteiger partial charge in [0.1, 0.15) is 0 Å². The third kappa shape index (κ3) is 4.35. The number of hydrogen-bond acceptors (Lipinski definition) is 3. The number of carbonyl (C=O) groups excluding carboxylic acids is 2. The summed E-state index contributed by atoms with van der Waals surface area (Å²) >= 11 is 5.97. The number of aromatic nitrogens is 1.